The third kappa shape index (κ3) is 3.64. The van der Waals surface area contributed by atoms with E-state index in [1.165, 1.54) is 0 Å². The lowest BCUT2D eigenvalue weighted by atomic mass is 9.97. The Bertz CT molecular complexity index is 217. The van der Waals surface area contributed by atoms with Crippen LogP contribution in [0.1, 0.15) is 12.8 Å². The van der Waals surface area contributed by atoms with Crippen LogP contribution >= 0.6 is 0 Å². The van der Waals surface area contributed by atoms with Crippen molar-refractivity contribution in [2.45, 2.75) is 18.8 Å². The van der Waals surface area contributed by atoms with E-state index in [9.17, 15) is 8.78 Å². The first-order valence-corrected chi connectivity index (χ1v) is 6.17. The lowest BCUT2D eigenvalue weighted by Crippen LogP contribution is -2.42. The predicted molar refractivity (Wildman–Crippen MR) is 59.9 cm³/mol. The Morgan fingerprint density at radius 1 is 1.12 bits per heavy atom. The maximum Gasteiger partial charge on any atom is 0.272 e. The molecule has 0 unspecified atom stereocenters. The van der Waals surface area contributed by atoms with Crippen LogP contribution < -0.4 is 10.6 Å². The number of alkyl halides is 2. The second-order valence-corrected chi connectivity index (χ2v) is 4.96. The molecule has 2 heterocycles. The fraction of sp³-hybridized carbons (Fsp3) is 1.00. The summed E-state index contributed by atoms with van der Waals surface area (Å²) in [6.45, 7) is 4.08. The molecular weight excluding hydrogens is 212 g/mol. The van der Waals surface area contributed by atoms with Crippen molar-refractivity contribution in [1.29, 1.82) is 0 Å². The van der Waals surface area contributed by atoms with E-state index in [1.807, 2.05) is 4.90 Å². The first kappa shape index (κ1) is 12.2. The molecule has 0 atom stereocenters. The monoisotopic (exact) mass is 233 g/mol. The zero-order valence-corrected chi connectivity index (χ0v) is 9.64. The SMILES string of the molecule is FC1(F)CNCCN(CC2CCNCC2)C1. The minimum absolute atomic E-state index is 0.0794. The summed E-state index contributed by atoms with van der Waals surface area (Å²) < 4.78 is 26.7. The summed E-state index contributed by atoms with van der Waals surface area (Å²) in [5.74, 6) is -1.97. The molecule has 0 aromatic carbocycles. The fourth-order valence-electron chi connectivity index (χ4n) is 2.56. The lowest BCUT2D eigenvalue weighted by molar-refractivity contribution is -0.0219. The Balaban J connectivity index is 1.82. The van der Waals surface area contributed by atoms with E-state index >= 15 is 0 Å². The van der Waals surface area contributed by atoms with Crippen LogP contribution in [-0.2, 0) is 0 Å². The average Bonchev–Trinajstić information content (AvgIpc) is 2.40. The Morgan fingerprint density at radius 2 is 1.88 bits per heavy atom. The van der Waals surface area contributed by atoms with Gasteiger partial charge in [0, 0.05) is 19.6 Å². The zero-order valence-electron chi connectivity index (χ0n) is 9.64. The molecule has 0 bridgehead atoms. The first-order chi connectivity index (χ1) is 7.66. The fourth-order valence-corrected chi connectivity index (χ4v) is 2.56. The summed E-state index contributed by atoms with van der Waals surface area (Å²) in [5.41, 5.74) is 0. The van der Waals surface area contributed by atoms with E-state index in [-0.39, 0.29) is 13.1 Å². The number of nitrogens with one attached hydrogen (secondary N) is 2. The maximum absolute atomic E-state index is 13.4. The molecule has 94 valence electrons. The van der Waals surface area contributed by atoms with Gasteiger partial charge in [-0.3, -0.25) is 4.90 Å². The molecular formula is C11H21F2N3. The van der Waals surface area contributed by atoms with Crippen LogP contribution in [0.2, 0.25) is 0 Å². The molecule has 2 aliphatic heterocycles. The van der Waals surface area contributed by atoms with Crippen LogP contribution in [-0.4, -0.2) is 56.6 Å². The van der Waals surface area contributed by atoms with Crippen molar-refractivity contribution in [3.63, 3.8) is 0 Å². The standard InChI is InChI=1S/C11H21F2N3/c12-11(13)8-15-5-6-16(9-11)7-10-1-3-14-4-2-10/h10,14-15H,1-9H2. The van der Waals surface area contributed by atoms with Crippen molar-refractivity contribution >= 4 is 0 Å². The minimum Gasteiger partial charge on any atom is -0.317 e. The average molecular weight is 233 g/mol. The summed E-state index contributed by atoms with van der Waals surface area (Å²) in [6.07, 6.45) is 2.24. The van der Waals surface area contributed by atoms with Gasteiger partial charge < -0.3 is 10.6 Å². The normalized spacial score (nSPS) is 28.9. The van der Waals surface area contributed by atoms with E-state index in [0.717, 1.165) is 39.0 Å². The first-order valence-electron chi connectivity index (χ1n) is 6.17. The summed E-state index contributed by atoms with van der Waals surface area (Å²) in [6, 6.07) is 0. The smallest absolute Gasteiger partial charge is 0.272 e. The Kier molecular flexibility index (Phi) is 4.10. The van der Waals surface area contributed by atoms with Gasteiger partial charge in [0.2, 0.25) is 0 Å². The van der Waals surface area contributed by atoms with Crippen LogP contribution in [0.4, 0.5) is 8.78 Å². The van der Waals surface area contributed by atoms with Gasteiger partial charge in [-0.1, -0.05) is 0 Å². The number of rotatable bonds is 2. The molecule has 2 N–H and O–H groups in total. The molecule has 2 saturated heterocycles. The number of piperidine rings is 1. The Labute approximate surface area is 95.6 Å². The van der Waals surface area contributed by atoms with Gasteiger partial charge in [-0.15, -0.1) is 0 Å². The molecule has 5 heteroatoms. The third-order valence-corrected chi connectivity index (χ3v) is 3.42. The van der Waals surface area contributed by atoms with E-state index < -0.39 is 5.92 Å². The maximum atomic E-state index is 13.4. The molecule has 0 radical (unpaired) electrons. The van der Waals surface area contributed by atoms with Crippen molar-refractivity contribution in [1.82, 2.24) is 15.5 Å². The van der Waals surface area contributed by atoms with Crippen LogP contribution in [0.25, 0.3) is 0 Å². The van der Waals surface area contributed by atoms with Crippen molar-refractivity contribution < 1.29 is 8.78 Å². The van der Waals surface area contributed by atoms with Crippen molar-refractivity contribution in [3.05, 3.63) is 0 Å². The summed E-state index contributed by atoms with van der Waals surface area (Å²) >= 11 is 0. The largest absolute Gasteiger partial charge is 0.317 e. The van der Waals surface area contributed by atoms with Gasteiger partial charge in [-0.2, -0.15) is 0 Å². The highest BCUT2D eigenvalue weighted by atomic mass is 19.3. The molecule has 0 aromatic heterocycles. The third-order valence-electron chi connectivity index (χ3n) is 3.42. The highest BCUT2D eigenvalue weighted by Crippen LogP contribution is 2.19. The van der Waals surface area contributed by atoms with Gasteiger partial charge in [0.15, 0.2) is 0 Å². The summed E-state index contributed by atoms with van der Waals surface area (Å²) in [4.78, 5) is 1.93. The molecule has 0 aromatic rings. The number of hydrogen-bond acceptors (Lipinski definition) is 3. The molecule has 2 fully saturated rings. The molecule has 2 aliphatic rings. The second-order valence-electron chi connectivity index (χ2n) is 4.96. The molecule has 0 aliphatic carbocycles. The molecule has 2 rings (SSSR count). The quantitative estimate of drug-likeness (QED) is 0.728. The predicted octanol–water partition coefficient (Wildman–Crippen LogP) is 0.526. The number of hydrogen-bond donors (Lipinski definition) is 2. The van der Waals surface area contributed by atoms with Crippen molar-refractivity contribution in [3.8, 4) is 0 Å². The van der Waals surface area contributed by atoms with E-state index in [1.54, 1.807) is 0 Å². The minimum atomic E-state index is -2.57. The van der Waals surface area contributed by atoms with Gasteiger partial charge in [0.25, 0.3) is 5.92 Å². The van der Waals surface area contributed by atoms with Crippen molar-refractivity contribution in [2.24, 2.45) is 5.92 Å². The van der Waals surface area contributed by atoms with Gasteiger partial charge in [0.05, 0.1) is 13.1 Å². The van der Waals surface area contributed by atoms with Crippen LogP contribution in [0.3, 0.4) is 0 Å². The topological polar surface area (TPSA) is 27.3 Å². The van der Waals surface area contributed by atoms with Crippen LogP contribution in [0, 0.1) is 5.92 Å². The molecule has 3 nitrogen and oxygen atoms in total. The Hall–Kier alpha value is -0.260. The van der Waals surface area contributed by atoms with Crippen LogP contribution in [0.15, 0.2) is 0 Å². The van der Waals surface area contributed by atoms with E-state index in [4.69, 9.17) is 0 Å². The highest BCUT2D eigenvalue weighted by Gasteiger charge is 2.34. The second kappa shape index (κ2) is 5.38. The van der Waals surface area contributed by atoms with Crippen LogP contribution in [0.5, 0.6) is 0 Å². The van der Waals surface area contributed by atoms with E-state index in [0.29, 0.717) is 12.5 Å². The molecule has 16 heavy (non-hydrogen) atoms. The van der Waals surface area contributed by atoms with Gasteiger partial charge in [0.1, 0.15) is 0 Å². The number of nitrogens with zero attached hydrogens (tertiary/aromatic N) is 1. The molecule has 0 amide bonds. The summed E-state index contributed by atoms with van der Waals surface area (Å²) in [7, 11) is 0. The molecule has 0 spiro atoms. The zero-order chi connectivity index (χ0) is 11.4. The lowest BCUT2D eigenvalue weighted by Gasteiger charge is -2.30. The van der Waals surface area contributed by atoms with Gasteiger partial charge >= 0.3 is 0 Å². The molecule has 0 saturated carbocycles. The van der Waals surface area contributed by atoms with Gasteiger partial charge in [-0.05, 0) is 31.8 Å². The van der Waals surface area contributed by atoms with Crippen molar-refractivity contribution in [2.75, 3.05) is 45.8 Å². The number of halogens is 2. The highest BCUT2D eigenvalue weighted by molar-refractivity contribution is 4.81. The Morgan fingerprint density at radius 3 is 2.62 bits per heavy atom. The van der Waals surface area contributed by atoms with E-state index in [2.05, 4.69) is 10.6 Å². The summed E-state index contributed by atoms with van der Waals surface area (Å²) in [5, 5.41) is 6.10. The van der Waals surface area contributed by atoms with Gasteiger partial charge in [-0.25, -0.2) is 8.78 Å².